The first-order valence-electron chi connectivity index (χ1n) is 6.61. The first-order valence-corrected chi connectivity index (χ1v) is 6.61. The van der Waals surface area contributed by atoms with Gasteiger partial charge in [0, 0.05) is 16.9 Å². The molecule has 0 aliphatic heterocycles. The topological polar surface area (TPSA) is 121 Å². The fraction of sp³-hybridized carbons (Fsp3) is 0. The van der Waals surface area contributed by atoms with Gasteiger partial charge >= 0.3 is 65.1 Å². The summed E-state index contributed by atoms with van der Waals surface area (Å²) in [5.74, 6) is -0.747. The number of rotatable bonds is 4. The number of hydrogen-bond donors (Lipinski definition) is 2. The molecule has 0 bridgehead atoms. The second-order valence-electron chi connectivity index (χ2n) is 4.68. The van der Waals surface area contributed by atoms with Crippen LogP contribution in [0.15, 0.2) is 42.5 Å². The van der Waals surface area contributed by atoms with Gasteiger partial charge in [-0.15, -0.1) is 6.42 Å². The van der Waals surface area contributed by atoms with Gasteiger partial charge in [-0.1, -0.05) is 12.0 Å². The number of terminal acetylenes is 1. The maximum absolute atomic E-state index is 11.9. The summed E-state index contributed by atoms with van der Waals surface area (Å²) in [4.78, 5) is 33.8. The molecule has 0 unspecified atom stereocenters. The van der Waals surface area contributed by atoms with E-state index in [0.717, 1.165) is 18.2 Å². The summed E-state index contributed by atoms with van der Waals surface area (Å²) in [7, 11) is 0. The second kappa shape index (κ2) is 11.0. The number of carbonyl (C=O) groups excluding carboxylic acids is 3. The van der Waals surface area contributed by atoms with Crippen LogP contribution in [-0.2, 0) is 0 Å². The molecule has 0 saturated carbocycles. The predicted octanol–water partition coefficient (Wildman–Crippen LogP) is -5.95. The molecule has 0 fully saturated rings. The first-order chi connectivity index (χ1) is 11.4. The van der Waals surface area contributed by atoms with Crippen molar-refractivity contribution in [3.8, 4) is 12.3 Å². The van der Waals surface area contributed by atoms with Gasteiger partial charge in [0.1, 0.15) is 0 Å². The van der Waals surface area contributed by atoms with Crippen LogP contribution in [0.1, 0.15) is 26.3 Å². The summed E-state index contributed by atoms with van der Waals surface area (Å²) in [5, 5.41) is 26.6. The summed E-state index contributed by atoms with van der Waals surface area (Å²) in [5.41, 5.74) is 0.134. The third kappa shape index (κ3) is 6.84. The monoisotopic (exact) mass is 368 g/mol. The number of amides is 2. The number of nitrogens with one attached hydrogen (secondary N) is 2. The number of aromatic carboxylic acids is 2. The Morgan fingerprint density at radius 2 is 1.38 bits per heavy atom. The number of urea groups is 1. The molecule has 26 heavy (non-hydrogen) atoms. The van der Waals surface area contributed by atoms with Gasteiger partial charge in [0.25, 0.3) is 0 Å². The minimum atomic E-state index is -1.58. The molecule has 0 radical (unpaired) electrons. The molecule has 2 N–H and O–H groups in total. The molecule has 0 spiro atoms. The molecule has 0 saturated heterocycles. The number of carboxylic acid groups (broad SMARTS) is 2. The number of anilines is 2. The van der Waals surface area contributed by atoms with Crippen LogP contribution in [0, 0.1) is 12.3 Å². The van der Waals surface area contributed by atoms with Gasteiger partial charge < -0.3 is 30.4 Å². The van der Waals surface area contributed by atoms with E-state index < -0.39 is 29.1 Å². The average molecular weight is 368 g/mol. The summed E-state index contributed by atoms with van der Waals surface area (Å²) >= 11 is 0. The van der Waals surface area contributed by atoms with E-state index in [4.69, 9.17) is 6.42 Å². The van der Waals surface area contributed by atoms with Crippen LogP contribution in [0.25, 0.3) is 0 Å². The smallest absolute Gasteiger partial charge is 0.545 e. The fourth-order valence-corrected chi connectivity index (χ4v) is 1.92. The molecule has 0 atom stereocenters. The van der Waals surface area contributed by atoms with E-state index in [1.54, 1.807) is 24.3 Å². The Labute approximate surface area is 193 Å². The van der Waals surface area contributed by atoms with Gasteiger partial charge in [-0.3, -0.25) is 0 Å². The van der Waals surface area contributed by atoms with Crippen LogP contribution in [0.4, 0.5) is 16.2 Å². The molecule has 7 nitrogen and oxygen atoms in total. The number of hydrogen-bond acceptors (Lipinski definition) is 5. The molecular weight excluding hydrogens is 358 g/mol. The zero-order valence-electron chi connectivity index (χ0n) is 14.2. The molecule has 0 aromatic heterocycles. The largest absolute Gasteiger partial charge is 1.00 e. The normalized spacial score (nSPS) is 8.88. The molecular formula is C17H10N2Na2O5. The molecule has 0 aliphatic rings. The van der Waals surface area contributed by atoms with E-state index in [0.29, 0.717) is 11.3 Å². The number of benzene rings is 2. The van der Waals surface area contributed by atoms with Gasteiger partial charge in [-0.2, -0.15) is 0 Å². The van der Waals surface area contributed by atoms with Gasteiger partial charge in [0.05, 0.1) is 11.9 Å². The van der Waals surface area contributed by atoms with Crippen LogP contribution in [0.2, 0.25) is 0 Å². The van der Waals surface area contributed by atoms with Crippen molar-refractivity contribution in [2.75, 3.05) is 10.6 Å². The van der Waals surface area contributed by atoms with Crippen molar-refractivity contribution in [1.29, 1.82) is 0 Å². The van der Waals surface area contributed by atoms with E-state index in [9.17, 15) is 24.6 Å². The maximum Gasteiger partial charge on any atom is 1.00 e. The molecule has 9 heteroatoms. The van der Waals surface area contributed by atoms with Crippen LogP contribution in [0.3, 0.4) is 0 Å². The van der Waals surface area contributed by atoms with E-state index in [1.807, 2.05) is 0 Å². The Balaban J connectivity index is 0.00000312. The number of carboxylic acids is 2. The minimum absolute atomic E-state index is 0. The minimum Gasteiger partial charge on any atom is -0.545 e. The Morgan fingerprint density at radius 1 is 0.846 bits per heavy atom. The Kier molecular flexibility index (Phi) is 10.3. The van der Waals surface area contributed by atoms with E-state index in [2.05, 4.69) is 16.6 Å². The van der Waals surface area contributed by atoms with Crippen molar-refractivity contribution in [3.05, 3.63) is 59.2 Å². The van der Waals surface area contributed by atoms with Crippen molar-refractivity contribution in [3.63, 3.8) is 0 Å². The fourth-order valence-electron chi connectivity index (χ4n) is 1.92. The molecule has 0 heterocycles. The predicted molar refractivity (Wildman–Crippen MR) is 82.1 cm³/mol. The molecule has 2 rings (SSSR count). The molecule has 2 aromatic rings. The molecule has 2 amide bonds. The Bertz CT molecular complexity index is 845. The molecule has 2 aromatic carbocycles. The van der Waals surface area contributed by atoms with Crippen LogP contribution in [0.5, 0.6) is 0 Å². The van der Waals surface area contributed by atoms with Crippen molar-refractivity contribution < 1.29 is 83.7 Å². The van der Waals surface area contributed by atoms with E-state index in [-0.39, 0.29) is 64.8 Å². The first kappa shape index (κ1) is 24.2. The van der Waals surface area contributed by atoms with Crippen LogP contribution < -0.4 is 80.0 Å². The van der Waals surface area contributed by atoms with E-state index >= 15 is 0 Å². The summed E-state index contributed by atoms with van der Waals surface area (Å²) in [6, 6.07) is 8.80. The average Bonchev–Trinajstić information content (AvgIpc) is 2.54. The third-order valence-corrected chi connectivity index (χ3v) is 2.95. The molecule has 0 aliphatic carbocycles. The number of carbonyl (C=O) groups is 3. The van der Waals surface area contributed by atoms with Crippen molar-refractivity contribution in [2.45, 2.75) is 0 Å². The summed E-state index contributed by atoms with van der Waals surface area (Å²) < 4.78 is 0. The van der Waals surface area contributed by atoms with Crippen molar-refractivity contribution >= 4 is 29.3 Å². The third-order valence-electron chi connectivity index (χ3n) is 2.95. The Hall–Kier alpha value is -1.79. The van der Waals surface area contributed by atoms with Gasteiger partial charge in [0.2, 0.25) is 0 Å². The molecule has 120 valence electrons. The Morgan fingerprint density at radius 3 is 1.88 bits per heavy atom. The standard InChI is InChI=1S/C17H12N2O5.2Na/c1-2-10-4-3-5-13(6-10)18-17(24)19-14-8-11(15(20)21)7-12(9-14)16(22)23;;/h1,3-9H,(H,20,21)(H,22,23)(H2,18,19,24);;/q;2*+1/p-2. The second-order valence-corrected chi connectivity index (χ2v) is 4.68. The van der Waals surface area contributed by atoms with Crippen LogP contribution >= 0.6 is 0 Å². The van der Waals surface area contributed by atoms with Crippen molar-refractivity contribution in [2.24, 2.45) is 0 Å². The summed E-state index contributed by atoms with van der Waals surface area (Å²) in [6.45, 7) is 0. The SMILES string of the molecule is C#Cc1cccc(NC(=O)Nc2cc(C(=O)[O-])cc(C(=O)[O-])c2)c1.[Na+].[Na+]. The van der Waals surface area contributed by atoms with E-state index in [1.165, 1.54) is 0 Å². The quantitative estimate of drug-likeness (QED) is 0.411. The van der Waals surface area contributed by atoms with Gasteiger partial charge in [0.15, 0.2) is 0 Å². The summed E-state index contributed by atoms with van der Waals surface area (Å²) in [6.07, 6.45) is 5.26. The van der Waals surface area contributed by atoms with Gasteiger partial charge in [-0.05, 0) is 47.5 Å². The van der Waals surface area contributed by atoms with Crippen LogP contribution in [-0.4, -0.2) is 18.0 Å². The van der Waals surface area contributed by atoms with Gasteiger partial charge in [-0.25, -0.2) is 4.79 Å². The van der Waals surface area contributed by atoms with Crippen molar-refractivity contribution in [1.82, 2.24) is 0 Å². The maximum atomic E-state index is 11.9. The zero-order valence-corrected chi connectivity index (χ0v) is 18.2. The zero-order chi connectivity index (χ0) is 17.7.